The SMILES string of the molecule is CC[N+](CC)(CC)CCCN1CCNCCNCCNCC1. The minimum absolute atomic E-state index is 1.07. The van der Waals surface area contributed by atoms with Crippen LogP contribution in [0.2, 0.25) is 0 Å². The molecule has 3 N–H and O–H groups in total. The summed E-state index contributed by atoms with van der Waals surface area (Å²) in [6.07, 6.45) is 1.32. The van der Waals surface area contributed by atoms with E-state index in [1.165, 1.54) is 56.7 Å². The Hall–Kier alpha value is -0.200. The number of nitrogens with one attached hydrogen (secondary N) is 3. The van der Waals surface area contributed by atoms with E-state index in [0.717, 1.165) is 39.3 Å². The Balaban J connectivity index is 2.32. The second-order valence-electron chi connectivity index (χ2n) is 6.46. The molecule has 1 aliphatic rings. The molecule has 1 heterocycles. The van der Waals surface area contributed by atoms with Crippen molar-refractivity contribution < 1.29 is 4.48 Å². The fourth-order valence-electron chi connectivity index (χ4n) is 3.31. The summed E-state index contributed by atoms with van der Waals surface area (Å²) < 4.78 is 1.27. The molecular weight excluding hydrogens is 274 g/mol. The third kappa shape index (κ3) is 7.88. The highest BCUT2D eigenvalue weighted by molar-refractivity contribution is 4.65. The minimum atomic E-state index is 1.07. The molecule has 1 saturated heterocycles. The molecule has 1 fully saturated rings. The smallest absolute Gasteiger partial charge is 0.0798 e. The van der Waals surface area contributed by atoms with Gasteiger partial charge in [-0.3, -0.25) is 0 Å². The summed E-state index contributed by atoms with van der Waals surface area (Å²) in [6.45, 7) is 22.2. The van der Waals surface area contributed by atoms with Crippen LogP contribution in [0.15, 0.2) is 0 Å². The summed E-state index contributed by atoms with van der Waals surface area (Å²) >= 11 is 0. The van der Waals surface area contributed by atoms with Crippen molar-refractivity contribution in [3.05, 3.63) is 0 Å². The highest BCUT2D eigenvalue weighted by atomic mass is 15.3. The van der Waals surface area contributed by atoms with E-state index in [-0.39, 0.29) is 0 Å². The molecule has 0 aliphatic carbocycles. The number of hydrogen-bond donors (Lipinski definition) is 3. The summed E-state index contributed by atoms with van der Waals surface area (Å²) in [4.78, 5) is 2.63. The van der Waals surface area contributed by atoms with Crippen molar-refractivity contribution in [3.8, 4) is 0 Å². The summed E-state index contributed by atoms with van der Waals surface area (Å²) in [5, 5.41) is 10.5. The molecule has 0 bridgehead atoms. The Morgan fingerprint density at radius 1 is 0.727 bits per heavy atom. The van der Waals surface area contributed by atoms with Crippen LogP contribution in [-0.2, 0) is 0 Å². The van der Waals surface area contributed by atoms with Crippen molar-refractivity contribution in [1.82, 2.24) is 20.9 Å². The van der Waals surface area contributed by atoms with Crippen molar-refractivity contribution in [2.75, 3.05) is 85.1 Å². The normalized spacial score (nSPS) is 20.3. The van der Waals surface area contributed by atoms with Gasteiger partial charge in [-0.15, -0.1) is 0 Å². The van der Waals surface area contributed by atoms with Gasteiger partial charge in [0.2, 0.25) is 0 Å². The zero-order valence-electron chi connectivity index (χ0n) is 15.3. The zero-order chi connectivity index (χ0) is 16.1. The fourth-order valence-corrected chi connectivity index (χ4v) is 3.31. The average molecular weight is 315 g/mol. The van der Waals surface area contributed by atoms with Gasteiger partial charge in [0.1, 0.15) is 0 Å². The molecule has 0 amide bonds. The predicted octanol–water partition coefficient (Wildman–Crippen LogP) is 0.337. The Labute approximate surface area is 138 Å². The van der Waals surface area contributed by atoms with Crippen LogP contribution >= 0.6 is 0 Å². The summed E-state index contributed by atoms with van der Waals surface area (Å²) in [5.41, 5.74) is 0. The van der Waals surface area contributed by atoms with Gasteiger partial charge in [-0.2, -0.15) is 0 Å². The quantitative estimate of drug-likeness (QED) is 0.593. The molecule has 0 aromatic carbocycles. The van der Waals surface area contributed by atoms with E-state index < -0.39 is 0 Å². The average Bonchev–Trinajstić information content (AvgIpc) is 2.54. The van der Waals surface area contributed by atoms with Crippen LogP contribution in [0.3, 0.4) is 0 Å². The molecule has 0 atom stereocenters. The maximum atomic E-state index is 3.54. The number of quaternary nitrogens is 1. The molecular formula is C17H40N5+. The standard InChI is InChI=1S/C17H40N5/c1-4-22(5-2,6-3)17-7-14-21-15-12-19-10-8-18-9-11-20-13-16-21/h18-20H,4-17H2,1-3H3/q+1. The van der Waals surface area contributed by atoms with Gasteiger partial charge in [0, 0.05) is 65.3 Å². The van der Waals surface area contributed by atoms with Gasteiger partial charge in [-0.1, -0.05) is 0 Å². The third-order valence-corrected chi connectivity index (χ3v) is 5.29. The van der Waals surface area contributed by atoms with Crippen molar-refractivity contribution in [1.29, 1.82) is 0 Å². The van der Waals surface area contributed by atoms with E-state index >= 15 is 0 Å². The van der Waals surface area contributed by atoms with Gasteiger partial charge in [-0.25, -0.2) is 0 Å². The molecule has 5 heteroatoms. The van der Waals surface area contributed by atoms with E-state index in [0.29, 0.717) is 0 Å². The highest BCUT2D eigenvalue weighted by Crippen LogP contribution is 2.07. The highest BCUT2D eigenvalue weighted by Gasteiger charge is 2.20. The summed E-state index contributed by atoms with van der Waals surface area (Å²) in [7, 11) is 0. The second kappa shape index (κ2) is 12.3. The lowest BCUT2D eigenvalue weighted by molar-refractivity contribution is -0.923. The Kier molecular flexibility index (Phi) is 11.1. The van der Waals surface area contributed by atoms with E-state index in [4.69, 9.17) is 0 Å². The van der Waals surface area contributed by atoms with E-state index in [1.807, 2.05) is 0 Å². The largest absolute Gasteiger partial charge is 0.324 e. The molecule has 0 spiro atoms. The van der Waals surface area contributed by atoms with Crippen LogP contribution in [0.5, 0.6) is 0 Å². The molecule has 5 nitrogen and oxygen atoms in total. The van der Waals surface area contributed by atoms with Crippen molar-refractivity contribution >= 4 is 0 Å². The molecule has 0 saturated carbocycles. The first kappa shape index (κ1) is 19.8. The topological polar surface area (TPSA) is 39.3 Å². The Morgan fingerprint density at radius 2 is 1.18 bits per heavy atom. The number of hydrogen-bond acceptors (Lipinski definition) is 4. The first-order chi connectivity index (χ1) is 10.8. The van der Waals surface area contributed by atoms with Crippen molar-refractivity contribution in [3.63, 3.8) is 0 Å². The van der Waals surface area contributed by atoms with Crippen LogP contribution < -0.4 is 16.0 Å². The van der Waals surface area contributed by atoms with Crippen molar-refractivity contribution in [2.45, 2.75) is 27.2 Å². The Morgan fingerprint density at radius 3 is 1.64 bits per heavy atom. The lowest BCUT2D eigenvalue weighted by Crippen LogP contribution is -2.49. The van der Waals surface area contributed by atoms with Crippen LogP contribution in [-0.4, -0.2) is 94.5 Å². The van der Waals surface area contributed by atoms with Gasteiger partial charge in [0.15, 0.2) is 0 Å². The molecule has 0 radical (unpaired) electrons. The van der Waals surface area contributed by atoms with Gasteiger partial charge in [-0.05, 0) is 20.8 Å². The predicted molar refractivity (Wildman–Crippen MR) is 96.4 cm³/mol. The zero-order valence-corrected chi connectivity index (χ0v) is 15.3. The lowest BCUT2D eigenvalue weighted by Gasteiger charge is -2.36. The number of rotatable bonds is 7. The van der Waals surface area contributed by atoms with Gasteiger partial charge < -0.3 is 25.3 Å². The van der Waals surface area contributed by atoms with E-state index in [1.54, 1.807) is 0 Å². The first-order valence-corrected chi connectivity index (χ1v) is 9.46. The van der Waals surface area contributed by atoms with Crippen LogP contribution in [0.25, 0.3) is 0 Å². The van der Waals surface area contributed by atoms with Gasteiger partial charge in [0.25, 0.3) is 0 Å². The molecule has 0 aromatic rings. The maximum absolute atomic E-state index is 3.54. The number of nitrogens with zero attached hydrogens (tertiary/aromatic N) is 2. The molecule has 22 heavy (non-hydrogen) atoms. The lowest BCUT2D eigenvalue weighted by atomic mass is 10.2. The van der Waals surface area contributed by atoms with Gasteiger partial charge >= 0.3 is 0 Å². The second-order valence-corrected chi connectivity index (χ2v) is 6.46. The van der Waals surface area contributed by atoms with Crippen LogP contribution in [0, 0.1) is 0 Å². The molecule has 1 aliphatic heterocycles. The maximum Gasteiger partial charge on any atom is 0.0798 e. The van der Waals surface area contributed by atoms with E-state index in [9.17, 15) is 0 Å². The summed E-state index contributed by atoms with van der Waals surface area (Å²) in [5.74, 6) is 0. The molecule has 1 rings (SSSR count). The fraction of sp³-hybridized carbons (Fsp3) is 1.00. The Bertz CT molecular complexity index is 235. The van der Waals surface area contributed by atoms with Crippen LogP contribution in [0.1, 0.15) is 27.2 Å². The first-order valence-electron chi connectivity index (χ1n) is 9.46. The minimum Gasteiger partial charge on any atom is -0.324 e. The van der Waals surface area contributed by atoms with Crippen molar-refractivity contribution in [2.24, 2.45) is 0 Å². The molecule has 0 aromatic heterocycles. The monoisotopic (exact) mass is 314 g/mol. The molecule has 0 unspecified atom stereocenters. The molecule has 132 valence electrons. The van der Waals surface area contributed by atoms with E-state index in [2.05, 4.69) is 41.6 Å². The van der Waals surface area contributed by atoms with Gasteiger partial charge in [0.05, 0.1) is 26.2 Å². The third-order valence-electron chi connectivity index (χ3n) is 5.29. The summed E-state index contributed by atoms with van der Waals surface area (Å²) in [6, 6.07) is 0. The van der Waals surface area contributed by atoms with Crippen LogP contribution in [0.4, 0.5) is 0 Å².